The number of rotatable bonds is 2. The zero-order valence-electron chi connectivity index (χ0n) is 10.1. The first-order valence-corrected chi connectivity index (χ1v) is 7.09. The highest BCUT2D eigenvalue weighted by Crippen LogP contribution is 2.33. The highest BCUT2D eigenvalue weighted by Gasteiger charge is 2.14. The Bertz CT molecular complexity index is 546. The van der Waals surface area contributed by atoms with Gasteiger partial charge in [0.05, 0.1) is 11.7 Å². The van der Waals surface area contributed by atoms with Crippen LogP contribution in [0.1, 0.15) is 28.4 Å². The van der Waals surface area contributed by atoms with Crippen LogP contribution in [0.2, 0.25) is 0 Å². The van der Waals surface area contributed by atoms with Crippen molar-refractivity contribution in [3.63, 3.8) is 0 Å². The Morgan fingerprint density at radius 1 is 1.35 bits per heavy atom. The molecule has 0 saturated heterocycles. The van der Waals surface area contributed by atoms with Crippen molar-refractivity contribution in [3.8, 4) is 11.3 Å². The van der Waals surface area contributed by atoms with Crippen LogP contribution in [0, 0.1) is 13.8 Å². The fraction of sp³-hybridized carbons (Fsp3) is 0.308. The number of hydrogen-bond acceptors (Lipinski definition) is 3. The van der Waals surface area contributed by atoms with E-state index in [0.29, 0.717) is 0 Å². The second kappa shape index (κ2) is 4.88. The van der Waals surface area contributed by atoms with Gasteiger partial charge >= 0.3 is 0 Å². The first-order valence-electron chi connectivity index (χ1n) is 5.48. The highest BCUT2D eigenvalue weighted by molar-refractivity contribution is 9.10. The van der Waals surface area contributed by atoms with Gasteiger partial charge in [-0.05, 0) is 38.5 Å². The van der Waals surface area contributed by atoms with Gasteiger partial charge in [0.2, 0.25) is 0 Å². The van der Waals surface area contributed by atoms with Crippen LogP contribution >= 0.6 is 27.3 Å². The van der Waals surface area contributed by atoms with Crippen LogP contribution in [-0.2, 0) is 0 Å². The summed E-state index contributed by atoms with van der Waals surface area (Å²) >= 11 is 5.19. The van der Waals surface area contributed by atoms with Crippen molar-refractivity contribution in [2.75, 3.05) is 0 Å². The molecule has 0 amide bonds. The normalized spacial score (nSPS) is 12.8. The third-order valence-electron chi connectivity index (χ3n) is 2.66. The first kappa shape index (κ1) is 12.7. The monoisotopic (exact) mass is 310 g/mol. The van der Waals surface area contributed by atoms with Gasteiger partial charge in [-0.15, -0.1) is 11.3 Å². The van der Waals surface area contributed by atoms with Gasteiger partial charge in [-0.25, -0.2) is 4.98 Å². The standard InChI is InChI=1S/C13H15BrN2S/c1-7-4-5-10(14)6-11(7)12-9(3)17-13(16-12)8(2)15/h4-6,8H,15H2,1-3H3. The maximum atomic E-state index is 5.88. The van der Waals surface area contributed by atoms with Crippen molar-refractivity contribution in [3.05, 3.63) is 38.1 Å². The molecule has 0 aliphatic rings. The molecule has 0 aliphatic carbocycles. The predicted molar refractivity (Wildman–Crippen MR) is 77.3 cm³/mol. The number of aryl methyl sites for hydroxylation is 2. The van der Waals surface area contributed by atoms with Crippen LogP contribution in [0.5, 0.6) is 0 Å². The molecule has 0 spiro atoms. The summed E-state index contributed by atoms with van der Waals surface area (Å²) < 4.78 is 1.08. The van der Waals surface area contributed by atoms with Crippen molar-refractivity contribution in [2.24, 2.45) is 5.73 Å². The van der Waals surface area contributed by atoms with E-state index in [2.05, 4.69) is 46.9 Å². The van der Waals surface area contributed by atoms with E-state index in [1.807, 2.05) is 13.0 Å². The average Bonchev–Trinajstić information content (AvgIpc) is 2.64. The van der Waals surface area contributed by atoms with E-state index in [1.54, 1.807) is 11.3 Å². The molecule has 2 aromatic rings. The first-order chi connectivity index (χ1) is 7.99. The SMILES string of the molecule is Cc1ccc(Br)cc1-c1nc(C(C)N)sc1C. The van der Waals surface area contributed by atoms with Gasteiger partial charge in [0, 0.05) is 14.9 Å². The van der Waals surface area contributed by atoms with Crippen molar-refractivity contribution >= 4 is 27.3 Å². The summed E-state index contributed by atoms with van der Waals surface area (Å²) in [6.07, 6.45) is 0. The van der Waals surface area contributed by atoms with Crippen LogP contribution < -0.4 is 5.73 Å². The van der Waals surface area contributed by atoms with Gasteiger partial charge in [0.25, 0.3) is 0 Å². The van der Waals surface area contributed by atoms with Gasteiger partial charge in [-0.2, -0.15) is 0 Å². The zero-order valence-corrected chi connectivity index (χ0v) is 12.5. The number of halogens is 1. The number of aromatic nitrogens is 1. The Morgan fingerprint density at radius 3 is 2.65 bits per heavy atom. The maximum Gasteiger partial charge on any atom is 0.110 e. The van der Waals surface area contributed by atoms with Gasteiger partial charge < -0.3 is 5.73 Å². The van der Waals surface area contributed by atoms with Crippen LogP contribution in [-0.4, -0.2) is 4.98 Å². The molecule has 2 N–H and O–H groups in total. The summed E-state index contributed by atoms with van der Waals surface area (Å²) in [6, 6.07) is 6.26. The topological polar surface area (TPSA) is 38.9 Å². The Labute approximate surface area is 114 Å². The molecule has 1 aromatic carbocycles. The van der Waals surface area contributed by atoms with E-state index >= 15 is 0 Å². The smallest absolute Gasteiger partial charge is 0.110 e. The van der Waals surface area contributed by atoms with Crippen LogP contribution in [0.15, 0.2) is 22.7 Å². The Hall–Kier alpha value is -0.710. The summed E-state index contributed by atoms with van der Waals surface area (Å²) in [5.74, 6) is 0. The van der Waals surface area contributed by atoms with Gasteiger partial charge in [-0.3, -0.25) is 0 Å². The Morgan fingerprint density at radius 2 is 2.06 bits per heavy atom. The molecular weight excluding hydrogens is 296 g/mol. The third kappa shape index (κ3) is 2.59. The van der Waals surface area contributed by atoms with E-state index in [1.165, 1.54) is 16.0 Å². The van der Waals surface area contributed by atoms with Crippen molar-refractivity contribution in [2.45, 2.75) is 26.8 Å². The number of benzene rings is 1. The summed E-state index contributed by atoms with van der Waals surface area (Å²) in [5, 5.41) is 0.997. The largest absolute Gasteiger partial charge is 0.322 e. The van der Waals surface area contributed by atoms with E-state index in [-0.39, 0.29) is 6.04 Å². The molecule has 0 saturated carbocycles. The summed E-state index contributed by atoms with van der Waals surface area (Å²) in [7, 11) is 0. The minimum atomic E-state index is -0.0000842. The second-order valence-electron chi connectivity index (χ2n) is 4.20. The molecule has 0 bridgehead atoms. The molecule has 4 heteroatoms. The van der Waals surface area contributed by atoms with E-state index < -0.39 is 0 Å². The molecule has 0 radical (unpaired) electrons. The average molecular weight is 311 g/mol. The number of nitrogens with two attached hydrogens (primary N) is 1. The lowest BCUT2D eigenvalue weighted by Crippen LogP contribution is -2.03. The highest BCUT2D eigenvalue weighted by atomic mass is 79.9. The number of thiazole rings is 1. The molecule has 1 heterocycles. The zero-order chi connectivity index (χ0) is 12.6. The summed E-state index contributed by atoms with van der Waals surface area (Å²) in [6.45, 7) is 6.17. The van der Waals surface area contributed by atoms with Crippen LogP contribution in [0.3, 0.4) is 0 Å². The minimum Gasteiger partial charge on any atom is -0.322 e. The molecule has 0 fully saturated rings. The maximum absolute atomic E-state index is 5.88. The van der Waals surface area contributed by atoms with Gasteiger partial charge in [0.15, 0.2) is 0 Å². The summed E-state index contributed by atoms with van der Waals surface area (Å²) in [4.78, 5) is 5.88. The van der Waals surface area contributed by atoms with Crippen LogP contribution in [0.4, 0.5) is 0 Å². The molecule has 17 heavy (non-hydrogen) atoms. The summed E-state index contributed by atoms with van der Waals surface area (Å²) in [5.41, 5.74) is 9.35. The molecule has 90 valence electrons. The lowest BCUT2D eigenvalue weighted by atomic mass is 10.1. The second-order valence-corrected chi connectivity index (χ2v) is 6.36. The number of hydrogen-bond donors (Lipinski definition) is 1. The van der Waals surface area contributed by atoms with Crippen molar-refractivity contribution in [1.29, 1.82) is 0 Å². The predicted octanol–water partition coefficient (Wildman–Crippen LogP) is 4.21. The third-order valence-corrected chi connectivity index (χ3v) is 4.32. The van der Waals surface area contributed by atoms with Crippen LogP contribution in [0.25, 0.3) is 11.3 Å². The lowest BCUT2D eigenvalue weighted by Gasteiger charge is -2.04. The van der Waals surface area contributed by atoms with Gasteiger partial charge in [0.1, 0.15) is 5.01 Å². The fourth-order valence-corrected chi connectivity index (χ4v) is 2.96. The molecular formula is C13H15BrN2S. The lowest BCUT2D eigenvalue weighted by molar-refractivity contribution is 0.808. The molecule has 2 nitrogen and oxygen atoms in total. The molecule has 2 rings (SSSR count). The minimum absolute atomic E-state index is 0.0000842. The van der Waals surface area contributed by atoms with E-state index in [4.69, 9.17) is 5.73 Å². The number of nitrogens with zero attached hydrogens (tertiary/aromatic N) is 1. The van der Waals surface area contributed by atoms with E-state index in [9.17, 15) is 0 Å². The molecule has 1 atom stereocenters. The Balaban J connectivity index is 2.56. The van der Waals surface area contributed by atoms with Crippen molar-refractivity contribution in [1.82, 2.24) is 4.98 Å². The van der Waals surface area contributed by atoms with Crippen molar-refractivity contribution < 1.29 is 0 Å². The fourth-order valence-electron chi connectivity index (χ4n) is 1.71. The molecule has 1 aromatic heterocycles. The van der Waals surface area contributed by atoms with E-state index in [0.717, 1.165) is 15.2 Å². The molecule has 1 unspecified atom stereocenters. The quantitative estimate of drug-likeness (QED) is 0.902. The molecule has 0 aliphatic heterocycles. The van der Waals surface area contributed by atoms with Gasteiger partial charge in [-0.1, -0.05) is 22.0 Å². The Kier molecular flexibility index (Phi) is 3.66.